The Morgan fingerprint density at radius 2 is 1.87 bits per heavy atom. The summed E-state index contributed by atoms with van der Waals surface area (Å²) in [4.78, 5) is 28.8. The lowest BCUT2D eigenvalue weighted by Gasteiger charge is -2.30. The molecule has 1 aliphatic rings. The van der Waals surface area contributed by atoms with E-state index < -0.39 is 27.8 Å². The number of hydrogen-bond donors (Lipinski definition) is 1. The van der Waals surface area contributed by atoms with E-state index in [1.165, 1.54) is 31.4 Å². The molecule has 0 bridgehead atoms. The molecular formula is C15H13N3O4S. The van der Waals surface area contributed by atoms with Gasteiger partial charge in [-0.25, -0.2) is 13.4 Å². The highest BCUT2D eigenvalue weighted by Crippen LogP contribution is 2.29. The predicted molar refractivity (Wildman–Crippen MR) is 82.4 cm³/mol. The van der Waals surface area contributed by atoms with Crippen LogP contribution in [0.15, 0.2) is 53.6 Å². The second-order valence-electron chi connectivity index (χ2n) is 4.99. The van der Waals surface area contributed by atoms with Crippen molar-refractivity contribution in [3.63, 3.8) is 0 Å². The Morgan fingerprint density at radius 1 is 1.17 bits per heavy atom. The van der Waals surface area contributed by atoms with Crippen molar-refractivity contribution in [2.45, 2.75) is 10.9 Å². The molecule has 0 fully saturated rings. The van der Waals surface area contributed by atoms with Crippen LogP contribution in [-0.2, 0) is 14.8 Å². The summed E-state index contributed by atoms with van der Waals surface area (Å²) in [6.45, 7) is 0. The SMILES string of the molecule is CN1[C@@H](C(=O)Nc2ccccn2)C(=O)c2ccccc2S1(=O)=O. The van der Waals surface area contributed by atoms with Gasteiger partial charge in [0.05, 0.1) is 4.90 Å². The van der Waals surface area contributed by atoms with Gasteiger partial charge in [-0.2, -0.15) is 4.31 Å². The average molecular weight is 331 g/mol. The quantitative estimate of drug-likeness (QED) is 0.825. The minimum atomic E-state index is -3.91. The summed E-state index contributed by atoms with van der Waals surface area (Å²) in [6.07, 6.45) is 1.48. The first-order valence-corrected chi connectivity index (χ1v) is 8.20. The number of amides is 1. The molecule has 7 nitrogen and oxygen atoms in total. The number of nitrogens with zero attached hydrogens (tertiary/aromatic N) is 2. The molecule has 3 rings (SSSR count). The number of Topliss-reactive ketones (excluding diaryl/α,β-unsaturated/α-hetero) is 1. The number of aromatic nitrogens is 1. The molecule has 1 amide bonds. The van der Waals surface area contributed by atoms with Gasteiger partial charge >= 0.3 is 0 Å². The van der Waals surface area contributed by atoms with Crippen LogP contribution in [0.5, 0.6) is 0 Å². The highest BCUT2D eigenvalue weighted by Gasteiger charge is 2.45. The van der Waals surface area contributed by atoms with E-state index in [0.717, 1.165) is 4.31 Å². The highest BCUT2D eigenvalue weighted by atomic mass is 32.2. The van der Waals surface area contributed by atoms with E-state index in [9.17, 15) is 18.0 Å². The molecule has 1 N–H and O–H groups in total. The van der Waals surface area contributed by atoms with Crippen molar-refractivity contribution in [3.05, 3.63) is 54.2 Å². The van der Waals surface area contributed by atoms with Crippen molar-refractivity contribution in [1.82, 2.24) is 9.29 Å². The highest BCUT2D eigenvalue weighted by molar-refractivity contribution is 7.89. The lowest BCUT2D eigenvalue weighted by molar-refractivity contribution is -0.118. The van der Waals surface area contributed by atoms with Crippen LogP contribution >= 0.6 is 0 Å². The van der Waals surface area contributed by atoms with Crippen molar-refractivity contribution in [2.24, 2.45) is 0 Å². The van der Waals surface area contributed by atoms with Crippen molar-refractivity contribution in [2.75, 3.05) is 12.4 Å². The van der Waals surface area contributed by atoms with Crippen molar-refractivity contribution < 1.29 is 18.0 Å². The number of carbonyl (C=O) groups is 2. The normalized spacial score (nSPS) is 19.9. The third kappa shape index (κ3) is 2.51. The Balaban J connectivity index is 2.01. The number of fused-ring (bicyclic) bond motifs is 1. The maximum absolute atomic E-state index is 12.6. The molecule has 8 heteroatoms. The van der Waals surface area contributed by atoms with Gasteiger partial charge in [0.25, 0.3) is 5.91 Å². The van der Waals surface area contributed by atoms with Crippen LogP contribution in [0.25, 0.3) is 0 Å². The summed E-state index contributed by atoms with van der Waals surface area (Å²) in [5, 5.41) is 2.46. The second kappa shape index (κ2) is 5.56. The maximum Gasteiger partial charge on any atom is 0.251 e. The lowest BCUT2D eigenvalue weighted by atomic mass is 10.0. The van der Waals surface area contributed by atoms with Gasteiger partial charge in [-0.3, -0.25) is 9.59 Å². The monoisotopic (exact) mass is 331 g/mol. The van der Waals surface area contributed by atoms with Crippen LogP contribution in [0.3, 0.4) is 0 Å². The Bertz CT molecular complexity index is 881. The number of hydrogen-bond acceptors (Lipinski definition) is 5. The van der Waals surface area contributed by atoms with E-state index in [4.69, 9.17) is 0 Å². The summed E-state index contributed by atoms with van der Waals surface area (Å²) < 4.78 is 25.8. The first-order chi connectivity index (χ1) is 10.9. The number of carbonyl (C=O) groups excluding carboxylic acids is 2. The molecule has 0 radical (unpaired) electrons. The number of likely N-dealkylation sites (N-methyl/N-ethyl adjacent to an activating group) is 1. The number of nitrogens with one attached hydrogen (secondary N) is 1. The van der Waals surface area contributed by atoms with Crippen molar-refractivity contribution in [3.8, 4) is 0 Å². The first-order valence-electron chi connectivity index (χ1n) is 6.76. The molecule has 2 aromatic rings. The third-order valence-corrected chi connectivity index (χ3v) is 5.47. The zero-order valence-corrected chi connectivity index (χ0v) is 12.9. The van der Waals surface area contributed by atoms with E-state index in [1.54, 1.807) is 24.3 Å². The molecule has 1 aromatic heterocycles. The lowest BCUT2D eigenvalue weighted by Crippen LogP contribution is -2.53. The molecule has 0 unspecified atom stereocenters. The summed E-state index contributed by atoms with van der Waals surface area (Å²) in [5.41, 5.74) is 0.0202. The molecule has 1 aromatic carbocycles. The largest absolute Gasteiger partial charge is 0.309 e. The fraction of sp³-hybridized carbons (Fsp3) is 0.133. The van der Waals surface area contributed by atoms with Gasteiger partial charge in [0, 0.05) is 18.8 Å². The van der Waals surface area contributed by atoms with E-state index in [0.29, 0.717) is 0 Å². The number of anilines is 1. The van der Waals surface area contributed by atoms with Crippen molar-refractivity contribution >= 4 is 27.5 Å². The number of sulfonamides is 1. The average Bonchev–Trinajstić information content (AvgIpc) is 2.54. The minimum Gasteiger partial charge on any atom is -0.309 e. The molecule has 0 saturated carbocycles. The van der Waals surface area contributed by atoms with E-state index >= 15 is 0 Å². The molecule has 2 heterocycles. The number of pyridine rings is 1. The van der Waals surface area contributed by atoms with Crippen LogP contribution in [0, 0.1) is 0 Å². The van der Waals surface area contributed by atoms with E-state index in [-0.39, 0.29) is 16.3 Å². The smallest absolute Gasteiger partial charge is 0.251 e. The van der Waals surface area contributed by atoms with Gasteiger partial charge in [0.1, 0.15) is 5.82 Å². The van der Waals surface area contributed by atoms with Crippen LogP contribution in [0.4, 0.5) is 5.82 Å². The number of benzene rings is 1. The Labute approximate surface area is 133 Å². The third-order valence-electron chi connectivity index (χ3n) is 3.59. The number of rotatable bonds is 2. The molecule has 1 atom stereocenters. The van der Waals surface area contributed by atoms with Gasteiger partial charge in [-0.15, -0.1) is 0 Å². The molecule has 1 aliphatic heterocycles. The minimum absolute atomic E-state index is 0.0202. The molecule has 23 heavy (non-hydrogen) atoms. The van der Waals surface area contributed by atoms with Gasteiger partial charge in [0.15, 0.2) is 11.8 Å². The second-order valence-corrected chi connectivity index (χ2v) is 6.95. The predicted octanol–water partition coefficient (Wildman–Crippen LogP) is 0.906. The molecule has 0 saturated heterocycles. The molecule has 0 spiro atoms. The summed E-state index contributed by atoms with van der Waals surface area (Å²) in [7, 11) is -2.69. The first kappa shape index (κ1) is 15.3. The fourth-order valence-corrected chi connectivity index (χ4v) is 3.89. The summed E-state index contributed by atoms with van der Waals surface area (Å²) in [6, 6.07) is 9.28. The Hall–Kier alpha value is -2.58. The van der Waals surface area contributed by atoms with Crippen molar-refractivity contribution in [1.29, 1.82) is 0 Å². The molecule has 0 aliphatic carbocycles. The Morgan fingerprint density at radius 3 is 2.57 bits per heavy atom. The standard InChI is InChI=1S/C15H13N3O4S/c1-18-13(15(20)17-12-8-4-5-9-16-12)14(19)10-6-2-3-7-11(10)23(18,21)22/h2-9,13H,1H3,(H,16,17,20)/t13-/m1/s1. The van der Waals surface area contributed by atoms with E-state index in [1.807, 2.05) is 0 Å². The van der Waals surface area contributed by atoms with Crippen LogP contribution in [-0.4, -0.2) is 42.5 Å². The van der Waals surface area contributed by atoms with Crippen LogP contribution in [0.2, 0.25) is 0 Å². The number of ketones is 1. The van der Waals surface area contributed by atoms with Gasteiger partial charge in [0.2, 0.25) is 10.0 Å². The summed E-state index contributed by atoms with van der Waals surface area (Å²) >= 11 is 0. The fourth-order valence-electron chi connectivity index (χ4n) is 2.42. The van der Waals surface area contributed by atoms with Crippen LogP contribution in [0.1, 0.15) is 10.4 Å². The maximum atomic E-state index is 12.6. The Kier molecular flexibility index (Phi) is 3.70. The van der Waals surface area contributed by atoms with Gasteiger partial charge in [-0.1, -0.05) is 18.2 Å². The summed E-state index contributed by atoms with van der Waals surface area (Å²) in [5.74, 6) is -1.06. The van der Waals surface area contributed by atoms with Crippen LogP contribution < -0.4 is 5.32 Å². The topological polar surface area (TPSA) is 96.4 Å². The van der Waals surface area contributed by atoms with E-state index in [2.05, 4.69) is 10.3 Å². The zero-order chi connectivity index (χ0) is 16.6. The molecule has 118 valence electrons. The van der Waals surface area contributed by atoms with Gasteiger partial charge < -0.3 is 5.32 Å². The van der Waals surface area contributed by atoms with Gasteiger partial charge in [-0.05, 0) is 24.3 Å². The zero-order valence-electron chi connectivity index (χ0n) is 12.1. The molecular weight excluding hydrogens is 318 g/mol.